The Morgan fingerprint density at radius 2 is 2.33 bits per heavy atom. The van der Waals surface area contributed by atoms with Crippen LogP contribution in [-0.2, 0) is 24.7 Å². The van der Waals surface area contributed by atoms with Crippen molar-refractivity contribution in [3.63, 3.8) is 0 Å². The molecule has 0 saturated carbocycles. The van der Waals surface area contributed by atoms with Gasteiger partial charge in [-0.05, 0) is 0 Å². The number of carbonyl (C=O) groups is 1. The fraction of sp³-hybridized carbons (Fsp3) is 0.571. The predicted molar refractivity (Wildman–Crippen MR) is 41.7 cm³/mol. The number of hydrogen-bond donors (Lipinski definition) is 1. The molecule has 0 radical (unpaired) electrons. The first-order valence-electron chi connectivity index (χ1n) is 3.74. The Kier molecular flexibility index (Phi) is 2.42. The minimum absolute atomic E-state index is 0.103. The van der Waals surface area contributed by atoms with E-state index < -0.39 is 5.97 Å². The van der Waals surface area contributed by atoms with Crippen molar-refractivity contribution in [1.29, 1.82) is 0 Å². The molecule has 1 aromatic heterocycles. The molecule has 1 rings (SSSR count). The average Bonchev–Trinajstić information content (AvgIpc) is 2.29. The van der Waals surface area contributed by atoms with E-state index >= 15 is 0 Å². The van der Waals surface area contributed by atoms with E-state index in [0.29, 0.717) is 5.82 Å². The normalized spacial score (nSPS) is 10.2. The van der Waals surface area contributed by atoms with Gasteiger partial charge in [-0.3, -0.25) is 9.48 Å². The van der Waals surface area contributed by atoms with Gasteiger partial charge in [0, 0.05) is 13.5 Å². The molecule has 0 aliphatic heterocycles. The third-order valence-electron chi connectivity index (χ3n) is 1.52. The van der Waals surface area contributed by atoms with Crippen molar-refractivity contribution in [3.8, 4) is 0 Å². The largest absolute Gasteiger partial charge is 0.481 e. The second kappa shape index (κ2) is 3.34. The number of aliphatic carboxylic acids is 1. The zero-order valence-electron chi connectivity index (χ0n) is 7.11. The van der Waals surface area contributed by atoms with Crippen LogP contribution in [0.25, 0.3) is 0 Å². The van der Waals surface area contributed by atoms with Gasteiger partial charge in [-0.2, -0.15) is 5.10 Å². The SMILES string of the molecule is CCc1nc(CC(=O)O)nn1C. The van der Waals surface area contributed by atoms with Crippen molar-refractivity contribution < 1.29 is 9.90 Å². The Morgan fingerprint density at radius 1 is 1.67 bits per heavy atom. The predicted octanol–water partition coefficient (Wildman–Crippen LogP) is 0.00460. The summed E-state index contributed by atoms with van der Waals surface area (Å²) in [5.41, 5.74) is 0. The van der Waals surface area contributed by atoms with Gasteiger partial charge in [-0.25, -0.2) is 4.98 Å². The van der Waals surface area contributed by atoms with Crippen molar-refractivity contribution in [1.82, 2.24) is 14.8 Å². The lowest BCUT2D eigenvalue weighted by Crippen LogP contribution is -2.02. The summed E-state index contributed by atoms with van der Waals surface area (Å²) in [7, 11) is 1.76. The van der Waals surface area contributed by atoms with E-state index in [1.54, 1.807) is 11.7 Å². The van der Waals surface area contributed by atoms with E-state index in [0.717, 1.165) is 12.2 Å². The number of aryl methyl sites for hydroxylation is 2. The minimum Gasteiger partial charge on any atom is -0.481 e. The highest BCUT2D eigenvalue weighted by Crippen LogP contribution is 1.97. The second-order valence-corrected chi connectivity index (χ2v) is 2.49. The Balaban J connectivity index is 2.82. The summed E-state index contributed by atoms with van der Waals surface area (Å²) < 4.78 is 1.61. The minimum atomic E-state index is -0.900. The second-order valence-electron chi connectivity index (χ2n) is 2.49. The molecule has 0 aromatic carbocycles. The summed E-state index contributed by atoms with van der Waals surface area (Å²) in [5.74, 6) is 0.288. The van der Waals surface area contributed by atoms with E-state index in [4.69, 9.17) is 5.11 Å². The van der Waals surface area contributed by atoms with Crippen LogP contribution in [-0.4, -0.2) is 25.8 Å². The van der Waals surface area contributed by atoms with Crippen LogP contribution in [0.4, 0.5) is 0 Å². The van der Waals surface area contributed by atoms with E-state index in [9.17, 15) is 4.79 Å². The quantitative estimate of drug-likeness (QED) is 0.691. The van der Waals surface area contributed by atoms with Crippen molar-refractivity contribution in [2.45, 2.75) is 19.8 Å². The van der Waals surface area contributed by atoms with Crippen LogP contribution in [0.2, 0.25) is 0 Å². The molecule has 12 heavy (non-hydrogen) atoms. The van der Waals surface area contributed by atoms with Crippen LogP contribution >= 0.6 is 0 Å². The molecule has 0 saturated heterocycles. The fourth-order valence-corrected chi connectivity index (χ4v) is 0.993. The summed E-state index contributed by atoms with van der Waals surface area (Å²) >= 11 is 0. The maximum atomic E-state index is 10.3. The molecule has 0 fully saturated rings. The summed E-state index contributed by atoms with van der Waals surface area (Å²) in [6.07, 6.45) is 0.664. The fourth-order valence-electron chi connectivity index (χ4n) is 0.993. The first-order valence-corrected chi connectivity index (χ1v) is 3.74. The summed E-state index contributed by atoms with van der Waals surface area (Å²) in [6, 6.07) is 0. The number of hydrogen-bond acceptors (Lipinski definition) is 3. The third kappa shape index (κ3) is 1.81. The Morgan fingerprint density at radius 3 is 2.75 bits per heavy atom. The summed E-state index contributed by atoms with van der Waals surface area (Å²) in [5, 5.41) is 12.4. The highest BCUT2D eigenvalue weighted by atomic mass is 16.4. The smallest absolute Gasteiger partial charge is 0.311 e. The lowest BCUT2D eigenvalue weighted by Gasteiger charge is -1.90. The van der Waals surface area contributed by atoms with Gasteiger partial charge in [0.05, 0.1) is 0 Å². The highest BCUT2D eigenvalue weighted by Gasteiger charge is 2.08. The number of nitrogens with zero attached hydrogens (tertiary/aromatic N) is 3. The van der Waals surface area contributed by atoms with Crippen LogP contribution in [0, 0.1) is 0 Å². The molecular formula is C7H11N3O2. The van der Waals surface area contributed by atoms with Crippen LogP contribution in [0.15, 0.2) is 0 Å². The Labute approximate surface area is 70.0 Å². The lowest BCUT2D eigenvalue weighted by molar-refractivity contribution is -0.136. The first kappa shape index (κ1) is 8.70. The molecule has 5 heteroatoms. The summed E-state index contributed by atoms with van der Waals surface area (Å²) in [4.78, 5) is 14.3. The van der Waals surface area contributed by atoms with Gasteiger partial charge in [0.25, 0.3) is 0 Å². The van der Waals surface area contributed by atoms with Crippen LogP contribution in [0.5, 0.6) is 0 Å². The zero-order chi connectivity index (χ0) is 9.14. The molecule has 0 aliphatic rings. The van der Waals surface area contributed by atoms with Gasteiger partial charge in [0.1, 0.15) is 12.2 Å². The molecular weight excluding hydrogens is 158 g/mol. The maximum Gasteiger partial charge on any atom is 0.311 e. The van der Waals surface area contributed by atoms with Gasteiger partial charge < -0.3 is 5.11 Å². The zero-order valence-corrected chi connectivity index (χ0v) is 7.11. The standard InChI is InChI=1S/C7H11N3O2/c1-3-6-8-5(4-7(11)12)9-10(6)2/h3-4H2,1-2H3,(H,11,12). The van der Waals surface area contributed by atoms with Crippen molar-refractivity contribution in [2.24, 2.45) is 7.05 Å². The van der Waals surface area contributed by atoms with Crippen LogP contribution < -0.4 is 0 Å². The van der Waals surface area contributed by atoms with Gasteiger partial charge in [-0.15, -0.1) is 0 Å². The van der Waals surface area contributed by atoms with E-state index in [1.165, 1.54) is 0 Å². The van der Waals surface area contributed by atoms with E-state index in [2.05, 4.69) is 10.1 Å². The number of carboxylic acids is 1. The maximum absolute atomic E-state index is 10.3. The monoisotopic (exact) mass is 169 g/mol. The molecule has 0 spiro atoms. The molecule has 0 bridgehead atoms. The lowest BCUT2D eigenvalue weighted by atomic mass is 10.4. The molecule has 1 N–H and O–H groups in total. The van der Waals surface area contributed by atoms with Crippen molar-refractivity contribution >= 4 is 5.97 Å². The van der Waals surface area contributed by atoms with E-state index in [-0.39, 0.29) is 6.42 Å². The first-order chi connectivity index (χ1) is 5.63. The van der Waals surface area contributed by atoms with Gasteiger partial charge >= 0.3 is 5.97 Å². The molecule has 66 valence electrons. The highest BCUT2D eigenvalue weighted by molar-refractivity contribution is 5.68. The molecule has 0 unspecified atom stereocenters. The van der Waals surface area contributed by atoms with Gasteiger partial charge in [-0.1, -0.05) is 6.92 Å². The van der Waals surface area contributed by atoms with Crippen molar-refractivity contribution in [2.75, 3.05) is 0 Å². The van der Waals surface area contributed by atoms with Gasteiger partial charge in [0.2, 0.25) is 0 Å². The number of carboxylic acid groups (broad SMARTS) is 1. The van der Waals surface area contributed by atoms with Crippen LogP contribution in [0.1, 0.15) is 18.6 Å². The Hall–Kier alpha value is -1.39. The Bertz CT molecular complexity index is 293. The molecule has 0 atom stereocenters. The third-order valence-corrected chi connectivity index (χ3v) is 1.52. The average molecular weight is 169 g/mol. The molecule has 5 nitrogen and oxygen atoms in total. The number of aromatic nitrogens is 3. The molecule has 0 aliphatic carbocycles. The topological polar surface area (TPSA) is 68.0 Å². The van der Waals surface area contributed by atoms with E-state index in [1.807, 2.05) is 6.92 Å². The number of rotatable bonds is 3. The van der Waals surface area contributed by atoms with Gasteiger partial charge in [0.15, 0.2) is 5.82 Å². The molecule has 1 aromatic rings. The summed E-state index contributed by atoms with van der Waals surface area (Å²) in [6.45, 7) is 1.95. The van der Waals surface area contributed by atoms with Crippen molar-refractivity contribution in [3.05, 3.63) is 11.6 Å². The molecule has 1 heterocycles. The molecule has 0 amide bonds. The van der Waals surface area contributed by atoms with Crippen LogP contribution in [0.3, 0.4) is 0 Å².